The quantitative estimate of drug-likeness (QED) is 0.264. The van der Waals surface area contributed by atoms with Crippen molar-refractivity contribution in [3.8, 4) is 5.75 Å². The summed E-state index contributed by atoms with van der Waals surface area (Å²) in [6.45, 7) is 12.3. The minimum absolute atomic E-state index is 0. The lowest BCUT2D eigenvalue weighted by Gasteiger charge is -2.38. The number of rotatable bonds is 6. The van der Waals surface area contributed by atoms with Gasteiger partial charge in [0.1, 0.15) is 5.75 Å². The summed E-state index contributed by atoms with van der Waals surface area (Å²) in [4.78, 5) is 11.8. The molecular weight excluding hydrogens is 493 g/mol. The van der Waals surface area contributed by atoms with Crippen molar-refractivity contribution in [3.05, 3.63) is 24.3 Å². The molecule has 0 saturated carbocycles. The van der Waals surface area contributed by atoms with E-state index >= 15 is 0 Å². The Balaban J connectivity index is 0.00000320. The number of hydrogen-bond acceptors (Lipinski definition) is 5. The molecule has 170 valence electrons. The number of hydrogen-bond donors (Lipinski definition) is 1. The summed E-state index contributed by atoms with van der Waals surface area (Å²) in [6, 6.07) is 8.25. The van der Waals surface area contributed by atoms with Crippen LogP contribution in [0.15, 0.2) is 29.3 Å². The fraction of sp³-hybridized carbons (Fsp3) is 0.682. The first-order valence-corrected chi connectivity index (χ1v) is 10.8. The van der Waals surface area contributed by atoms with Gasteiger partial charge in [0, 0.05) is 59.4 Å². The lowest BCUT2D eigenvalue weighted by atomic mass is 10.2. The zero-order valence-electron chi connectivity index (χ0n) is 18.8. The minimum Gasteiger partial charge on any atom is -0.495 e. The summed E-state index contributed by atoms with van der Waals surface area (Å²) in [5, 5.41) is 3.55. The van der Waals surface area contributed by atoms with Crippen LogP contribution in [0, 0.1) is 0 Å². The number of benzene rings is 1. The van der Waals surface area contributed by atoms with Gasteiger partial charge < -0.3 is 24.6 Å². The standard InChI is InChI=1S/C22H37N5O2.HI/c1-18-16-25(17-19(2)29-18)11-7-10-24-22(23-3)27-14-12-26(13-15-27)20-8-5-6-9-21(20)28-4;/h5-6,8-9,18-19H,7,10-17H2,1-4H3,(H,23,24);1H. The summed E-state index contributed by atoms with van der Waals surface area (Å²) in [5.41, 5.74) is 1.17. The molecule has 0 amide bonds. The molecule has 2 unspecified atom stereocenters. The number of guanidine groups is 1. The number of nitrogens with zero attached hydrogens (tertiary/aromatic N) is 4. The normalized spacial score (nSPS) is 23.1. The molecule has 30 heavy (non-hydrogen) atoms. The van der Waals surface area contributed by atoms with Gasteiger partial charge in [-0.3, -0.25) is 9.89 Å². The Labute approximate surface area is 198 Å². The average Bonchev–Trinajstić information content (AvgIpc) is 2.73. The molecular formula is C22H38IN5O2. The number of piperazine rings is 1. The molecule has 0 spiro atoms. The molecule has 0 bridgehead atoms. The second kappa shape index (κ2) is 12.6. The molecule has 7 nitrogen and oxygen atoms in total. The van der Waals surface area contributed by atoms with Crippen LogP contribution in [0.4, 0.5) is 5.69 Å². The summed E-state index contributed by atoms with van der Waals surface area (Å²) in [7, 11) is 3.61. The Bertz CT molecular complexity index is 657. The molecule has 0 radical (unpaired) electrons. The van der Waals surface area contributed by atoms with Crippen LogP contribution in [0.25, 0.3) is 0 Å². The number of aliphatic imine (C=N–C) groups is 1. The third kappa shape index (κ3) is 6.88. The fourth-order valence-electron chi connectivity index (χ4n) is 4.35. The molecule has 0 aromatic heterocycles. The lowest BCUT2D eigenvalue weighted by Crippen LogP contribution is -2.53. The molecule has 1 aromatic rings. The Kier molecular flexibility index (Phi) is 10.5. The van der Waals surface area contributed by atoms with Gasteiger partial charge in [0.25, 0.3) is 0 Å². The van der Waals surface area contributed by atoms with Crippen LogP contribution in [-0.2, 0) is 4.74 Å². The monoisotopic (exact) mass is 531 g/mol. The highest BCUT2D eigenvalue weighted by molar-refractivity contribution is 14.0. The van der Waals surface area contributed by atoms with E-state index in [0.717, 1.165) is 70.5 Å². The number of halogens is 1. The van der Waals surface area contributed by atoms with Crippen LogP contribution in [0.1, 0.15) is 20.3 Å². The molecule has 2 fully saturated rings. The van der Waals surface area contributed by atoms with E-state index in [-0.39, 0.29) is 24.0 Å². The average molecular weight is 531 g/mol. The molecule has 1 N–H and O–H groups in total. The van der Waals surface area contributed by atoms with Gasteiger partial charge in [-0.15, -0.1) is 24.0 Å². The van der Waals surface area contributed by atoms with E-state index in [0.29, 0.717) is 12.2 Å². The first kappa shape index (κ1) is 25.0. The van der Waals surface area contributed by atoms with Gasteiger partial charge >= 0.3 is 0 Å². The predicted molar refractivity (Wildman–Crippen MR) is 135 cm³/mol. The Morgan fingerprint density at radius 3 is 2.43 bits per heavy atom. The summed E-state index contributed by atoms with van der Waals surface area (Å²) in [5.74, 6) is 1.95. The molecule has 2 saturated heterocycles. The van der Waals surface area contributed by atoms with Gasteiger partial charge in [-0.05, 0) is 32.4 Å². The van der Waals surface area contributed by atoms with Crippen LogP contribution < -0.4 is 15.0 Å². The smallest absolute Gasteiger partial charge is 0.193 e. The Hall–Kier alpha value is -1.26. The largest absolute Gasteiger partial charge is 0.495 e. The van der Waals surface area contributed by atoms with Gasteiger partial charge in [0.05, 0.1) is 25.0 Å². The molecule has 2 aliphatic heterocycles. The highest BCUT2D eigenvalue weighted by atomic mass is 127. The molecule has 1 aromatic carbocycles. The lowest BCUT2D eigenvalue weighted by molar-refractivity contribution is -0.0679. The van der Waals surface area contributed by atoms with Gasteiger partial charge in [-0.2, -0.15) is 0 Å². The number of para-hydroxylation sites is 2. The zero-order valence-corrected chi connectivity index (χ0v) is 21.2. The number of methoxy groups -OCH3 is 1. The molecule has 2 aliphatic rings. The summed E-state index contributed by atoms with van der Waals surface area (Å²) < 4.78 is 11.3. The van der Waals surface area contributed by atoms with Gasteiger partial charge in [0.15, 0.2) is 5.96 Å². The molecule has 2 heterocycles. The van der Waals surface area contributed by atoms with Crippen molar-refractivity contribution in [1.82, 2.24) is 15.1 Å². The first-order chi connectivity index (χ1) is 14.1. The second-order valence-electron chi connectivity index (χ2n) is 7.99. The topological polar surface area (TPSA) is 52.6 Å². The highest BCUT2D eigenvalue weighted by Crippen LogP contribution is 2.28. The first-order valence-electron chi connectivity index (χ1n) is 10.8. The van der Waals surface area contributed by atoms with Crippen molar-refractivity contribution in [1.29, 1.82) is 0 Å². The molecule has 0 aliphatic carbocycles. The van der Waals surface area contributed by atoms with E-state index in [1.54, 1.807) is 7.11 Å². The van der Waals surface area contributed by atoms with Crippen molar-refractivity contribution >= 4 is 35.6 Å². The van der Waals surface area contributed by atoms with Crippen molar-refractivity contribution in [2.75, 3.05) is 71.4 Å². The van der Waals surface area contributed by atoms with Crippen LogP contribution >= 0.6 is 24.0 Å². The maximum absolute atomic E-state index is 5.82. The molecule has 3 rings (SSSR count). The predicted octanol–water partition coefficient (Wildman–Crippen LogP) is 2.51. The van der Waals surface area contributed by atoms with E-state index in [4.69, 9.17) is 9.47 Å². The third-order valence-electron chi connectivity index (χ3n) is 5.65. The van der Waals surface area contributed by atoms with E-state index < -0.39 is 0 Å². The van der Waals surface area contributed by atoms with E-state index in [1.807, 2.05) is 19.2 Å². The number of morpholine rings is 1. The van der Waals surface area contributed by atoms with E-state index in [9.17, 15) is 0 Å². The van der Waals surface area contributed by atoms with Crippen LogP contribution in [0.5, 0.6) is 5.75 Å². The summed E-state index contributed by atoms with van der Waals surface area (Å²) in [6.07, 6.45) is 1.78. The fourth-order valence-corrected chi connectivity index (χ4v) is 4.35. The van der Waals surface area contributed by atoms with Crippen molar-refractivity contribution < 1.29 is 9.47 Å². The second-order valence-corrected chi connectivity index (χ2v) is 7.99. The minimum atomic E-state index is 0. The van der Waals surface area contributed by atoms with Crippen LogP contribution in [0.3, 0.4) is 0 Å². The highest BCUT2D eigenvalue weighted by Gasteiger charge is 2.23. The summed E-state index contributed by atoms with van der Waals surface area (Å²) >= 11 is 0. The van der Waals surface area contributed by atoms with Crippen molar-refractivity contribution in [2.45, 2.75) is 32.5 Å². The van der Waals surface area contributed by atoms with Gasteiger partial charge in [-0.25, -0.2) is 0 Å². The van der Waals surface area contributed by atoms with E-state index in [1.165, 1.54) is 5.69 Å². The third-order valence-corrected chi connectivity index (χ3v) is 5.65. The van der Waals surface area contributed by atoms with Gasteiger partial charge in [-0.1, -0.05) is 12.1 Å². The van der Waals surface area contributed by atoms with Crippen molar-refractivity contribution in [2.24, 2.45) is 4.99 Å². The number of anilines is 1. The number of ether oxygens (including phenoxy) is 2. The van der Waals surface area contributed by atoms with Crippen molar-refractivity contribution in [3.63, 3.8) is 0 Å². The van der Waals surface area contributed by atoms with Crippen LogP contribution in [0.2, 0.25) is 0 Å². The Morgan fingerprint density at radius 1 is 1.13 bits per heavy atom. The SMILES string of the molecule is CN=C(NCCCN1CC(C)OC(C)C1)N1CCN(c2ccccc2OC)CC1.I. The number of nitrogens with one attached hydrogen (secondary N) is 1. The maximum Gasteiger partial charge on any atom is 0.193 e. The molecule has 2 atom stereocenters. The maximum atomic E-state index is 5.82. The molecule has 8 heteroatoms. The van der Waals surface area contributed by atoms with E-state index in [2.05, 4.69) is 51.0 Å². The van der Waals surface area contributed by atoms with Gasteiger partial charge in [0.2, 0.25) is 0 Å². The Morgan fingerprint density at radius 2 is 1.80 bits per heavy atom. The zero-order chi connectivity index (χ0) is 20.6. The van der Waals surface area contributed by atoms with Crippen LogP contribution in [-0.4, -0.2) is 94.5 Å².